The number of nitro groups is 1. The first-order chi connectivity index (χ1) is 22.7. The number of nitrogen functional groups attached to an aromatic ring is 1. The van der Waals surface area contributed by atoms with E-state index in [0.29, 0.717) is 26.1 Å². The Morgan fingerprint density at radius 3 is 2.23 bits per heavy atom. The van der Waals surface area contributed by atoms with E-state index in [-0.39, 0.29) is 29.3 Å². The smallest absolute Gasteiger partial charge is 0.346 e. The van der Waals surface area contributed by atoms with Crippen LogP contribution in [0.1, 0.15) is 81.0 Å². The van der Waals surface area contributed by atoms with Crippen LogP contribution in [0.3, 0.4) is 0 Å². The van der Waals surface area contributed by atoms with Gasteiger partial charge in [0.05, 0.1) is 29.4 Å². The molecule has 1 atom stereocenters. The summed E-state index contributed by atoms with van der Waals surface area (Å²) in [5.41, 5.74) is 7.39. The van der Waals surface area contributed by atoms with E-state index >= 15 is 0 Å². The molecule has 0 radical (unpaired) electrons. The van der Waals surface area contributed by atoms with E-state index in [2.05, 4.69) is 19.1 Å². The highest BCUT2D eigenvalue weighted by molar-refractivity contribution is 5.98. The Bertz CT molecular complexity index is 1530. The second kappa shape index (κ2) is 17.3. The van der Waals surface area contributed by atoms with Crippen molar-refractivity contribution in [2.45, 2.75) is 71.3 Å². The van der Waals surface area contributed by atoms with Crippen molar-refractivity contribution >= 4 is 23.3 Å². The maximum absolute atomic E-state index is 14.1. The lowest BCUT2D eigenvalue weighted by molar-refractivity contribution is -0.385. The third-order valence-electron chi connectivity index (χ3n) is 7.71. The number of hydrogen-bond donors (Lipinski definition) is 1. The summed E-state index contributed by atoms with van der Waals surface area (Å²) < 4.78 is 36.3. The van der Waals surface area contributed by atoms with E-state index in [4.69, 9.17) is 24.7 Å². The lowest BCUT2D eigenvalue weighted by Gasteiger charge is -2.28. The van der Waals surface area contributed by atoms with Crippen molar-refractivity contribution in [3.8, 4) is 22.6 Å². The van der Waals surface area contributed by atoms with Crippen molar-refractivity contribution in [2.24, 2.45) is 5.92 Å². The number of rotatable bonds is 15. The number of allylic oxidation sites excluding steroid dienone is 1. The number of nitro benzene ring substituents is 1. The summed E-state index contributed by atoms with van der Waals surface area (Å²) in [6.07, 6.45) is 7.79. The van der Waals surface area contributed by atoms with Gasteiger partial charge in [-0.15, -0.1) is 0 Å². The third kappa shape index (κ3) is 9.94. The molecule has 3 aromatic carbocycles. The first-order valence-corrected chi connectivity index (χ1v) is 16.0. The molecule has 0 saturated carbocycles. The minimum atomic E-state index is -1.94. The van der Waals surface area contributed by atoms with Crippen LogP contribution in [0, 0.1) is 16.0 Å². The summed E-state index contributed by atoms with van der Waals surface area (Å²) in [4.78, 5) is 35.8. The molecule has 10 nitrogen and oxygen atoms in total. The Balaban J connectivity index is 1.35. The van der Waals surface area contributed by atoms with E-state index in [1.807, 2.05) is 31.2 Å². The highest BCUT2D eigenvalue weighted by atomic mass is 19.1. The molecule has 2 N–H and O–H groups in total. The van der Waals surface area contributed by atoms with Gasteiger partial charge in [0.2, 0.25) is 5.75 Å². The second-order valence-electron chi connectivity index (χ2n) is 11.4. The SMILES string of the molecule is CCCCC/C=C/C1COC(c2ccc(-c3ccc(OC(=O)c4cc([N+](=O)[O-])c(OC(=O)[C@H](F)CCCC)cc4N)cc3)cc2)OC1. The van der Waals surface area contributed by atoms with Crippen LogP contribution in [0.2, 0.25) is 0 Å². The quantitative estimate of drug-likeness (QED) is 0.0328. The van der Waals surface area contributed by atoms with E-state index < -0.39 is 40.8 Å². The first-order valence-electron chi connectivity index (χ1n) is 16.0. The molecule has 3 aromatic rings. The van der Waals surface area contributed by atoms with Gasteiger partial charge in [-0.05, 0) is 42.5 Å². The zero-order valence-corrected chi connectivity index (χ0v) is 26.7. The van der Waals surface area contributed by atoms with Gasteiger partial charge in [0.15, 0.2) is 12.5 Å². The fraction of sp³-hybridized carbons (Fsp3) is 0.389. The molecule has 1 saturated heterocycles. The Kier molecular flexibility index (Phi) is 13.0. The molecule has 0 spiro atoms. The van der Waals surface area contributed by atoms with Crippen molar-refractivity contribution in [1.82, 2.24) is 0 Å². The zero-order chi connectivity index (χ0) is 33.8. The van der Waals surface area contributed by atoms with Gasteiger partial charge in [-0.25, -0.2) is 14.0 Å². The topological polar surface area (TPSA) is 140 Å². The third-order valence-corrected chi connectivity index (χ3v) is 7.71. The number of benzene rings is 3. The Morgan fingerprint density at radius 2 is 1.62 bits per heavy atom. The molecule has 0 unspecified atom stereocenters. The molecule has 1 fully saturated rings. The van der Waals surface area contributed by atoms with E-state index in [0.717, 1.165) is 35.2 Å². The van der Waals surface area contributed by atoms with E-state index in [1.54, 1.807) is 24.3 Å². The maximum atomic E-state index is 14.1. The normalized spacial score (nSPS) is 16.9. The lowest BCUT2D eigenvalue weighted by Crippen LogP contribution is -2.25. The van der Waals surface area contributed by atoms with Crippen LogP contribution in [0.25, 0.3) is 11.1 Å². The van der Waals surface area contributed by atoms with Crippen molar-refractivity contribution in [3.05, 3.63) is 94.1 Å². The number of alkyl halides is 1. The fourth-order valence-corrected chi connectivity index (χ4v) is 4.99. The molecule has 4 rings (SSSR count). The molecule has 0 bridgehead atoms. The Labute approximate surface area is 273 Å². The largest absolute Gasteiger partial charge is 0.423 e. The van der Waals surface area contributed by atoms with Crippen molar-refractivity contribution < 1.29 is 37.9 Å². The van der Waals surface area contributed by atoms with Gasteiger partial charge in [-0.1, -0.05) is 88.1 Å². The Morgan fingerprint density at radius 1 is 0.979 bits per heavy atom. The summed E-state index contributed by atoms with van der Waals surface area (Å²) in [5, 5.41) is 11.7. The number of nitrogens with two attached hydrogens (primary N) is 1. The van der Waals surface area contributed by atoms with Crippen LogP contribution in [-0.4, -0.2) is 36.2 Å². The average molecular weight is 649 g/mol. The van der Waals surface area contributed by atoms with E-state index in [1.165, 1.54) is 19.3 Å². The molecule has 250 valence electrons. The molecule has 1 aliphatic rings. The molecular formula is C36H41FN2O8. The number of nitrogens with zero attached hydrogens (tertiary/aromatic N) is 1. The number of carbonyl (C=O) groups excluding carboxylic acids is 2. The molecule has 47 heavy (non-hydrogen) atoms. The van der Waals surface area contributed by atoms with Gasteiger partial charge in [-0.2, -0.15) is 0 Å². The molecule has 0 aromatic heterocycles. The van der Waals surface area contributed by atoms with Gasteiger partial charge in [0.25, 0.3) is 0 Å². The molecular weight excluding hydrogens is 607 g/mol. The summed E-state index contributed by atoms with van der Waals surface area (Å²) in [7, 11) is 0. The van der Waals surface area contributed by atoms with Crippen LogP contribution >= 0.6 is 0 Å². The van der Waals surface area contributed by atoms with Crippen LogP contribution in [0.15, 0.2) is 72.8 Å². The number of unbranched alkanes of at least 4 members (excludes halogenated alkanes) is 4. The maximum Gasteiger partial charge on any atom is 0.346 e. The van der Waals surface area contributed by atoms with Gasteiger partial charge in [0, 0.05) is 23.6 Å². The van der Waals surface area contributed by atoms with Gasteiger partial charge in [-0.3, -0.25) is 10.1 Å². The number of anilines is 1. The highest BCUT2D eigenvalue weighted by Gasteiger charge is 2.28. The van der Waals surface area contributed by atoms with Gasteiger partial charge < -0.3 is 24.7 Å². The molecule has 0 aliphatic carbocycles. The molecule has 0 amide bonds. The summed E-state index contributed by atoms with van der Waals surface area (Å²) in [5.74, 6) is -2.34. The predicted octanol–water partition coefficient (Wildman–Crippen LogP) is 8.30. The Hall–Kier alpha value is -4.61. The lowest BCUT2D eigenvalue weighted by atomic mass is 10.0. The molecule has 11 heteroatoms. The highest BCUT2D eigenvalue weighted by Crippen LogP contribution is 2.34. The van der Waals surface area contributed by atoms with Crippen LogP contribution < -0.4 is 15.2 Å². The molecule has 1 aliphatic heterocycles. The minimum absolute atomic E-state index is 0.0740. The van der Waals surface area contributed by atoms with Crippen molar-refractivity contribution in [2.75, 3.05) is 18.9 Å². The monoisotopic (exact) mass is 648 g/mol. The average Bonchev–Trinajstić information content (AvgIpc) is 3.07. The minimum Gasteiger partial charge on any atom is -0.423 e. The van der Waals surface area contributed by atoms with Crippen LogP contribution in [0.5, 0.6) is 11.5 Å². The molecule has 1 heterocycles. The second-order valence-corrected chi connectivity index (χ2v) is 11.4. The standard InChI is InChI=1S/C36H41FN2O8/c1-3-5-7-8-9-10-24-22-44-36(45-23-24)27-14-12-25(13-15-27)26-16-18-28(19-17-26)46-34(40)29-20-32(39(42)43)33(21-31(29)38)47-35(41)30(37)11-6-4-2/h9-10,12-21,24,30,36H,3-8,11,22-23,38H2,1-2H3/b10-9+/t24?,30-,36?/m1/s1. The number of esters is 2. The first kappa shape index (κ1) is 35.2. The van der Waals surface area contributed by atoms with Crippen LogP contribution in [-0.2, 0) is 14.3 Å². The van der Waals surface area contributed by atoms with Crippen molar-refractivity contribution in [1.29, 1.82) is 0 Å². The van der Waals surface area contributed by atoms with Gasteiger partial charge in [0.1, 0.15) is 5.75 Å². The predicted molar refractivity (Wildman–Crippen MR) is 176 cm³/mol. The summed E-state index contributed by atoms with van der Waals surface area (Å²) in [6.45, 7) is 5.23. The van der Waals surface area contributed by atoms with E-state index in [9.17, 15) is 24.1 Å². The fourth-order valence-electron chi connectivity index (χ4n) is 4.99. The van der Waals surface area contributed by atoms with Crippen molar-refractivity contribution in [3.63, 3.8) is 0 Å². The number of ether oxygens (including phenoxy) is 4. The van der Waals surface area contributed by atoms with Crippen LogP contribution in [0.4, 0.5) is 15.8 Å². The number of halogens is 1. The number of carbonyl (C=O) groups is 2. The number of hydrogen-bond acceptors (Lipinski definition) is 9. The summed E-state index contributed by atoms with van der Waals surface area (Å²) in [6, 6.07) is 16.3. The van der Waals surface area contributed by atoms with Gasteiger partial charge >= 0.3 is 17.6 Å². The summed E-state index contributed by atoms with van der Waals surface area (Å²) >= 11 is 0. The zero-order valence-electron chi connectivity index (χ0n) is 26.7.